The smallest absolute Gasteiger partial charge is 0.251 e. The van der Waals surface area contributed by atoms with Crippen LogP contribution in [-0.4, -0.2) is 32.9 Å². The molecule has 0 saturated heterocycles. The van der Waals surface area contributed by atoms with Crippen molar-refractivity contribution >= 4 is 23.2 Å². The molecule has 1 fully saturated rings. The molecule has 5 rings (SSSR count). The fourth-order valence-corrected chi connectivity index (χ4v) is 3.79. The number of amides is 1. The van der Waals surface area contributed by atoms with Gasteiger partial charge in [0.2, 0.25) is 0 Å². The van der Waals surface area contributed by atoms with E-state index in [1.54, 1.807) is 0 Å². The van der Waals surface area contributed by atoms with Crippen molar-refractivity contribution in [2.45, 2.75) is 32.7 Å². The number of aromatic nitrogens is 3. The summed E-state index contributed by atoms with van der Waals surface area (Å²) in [7, 11) is 0. The molecule has 1 aliphatic rings. The fraction of sp³-hybridized carbons (Fsp3) is 0.269. The van der Waals surface area contributed by atoms with Crippen LogP contribution in [0.4, 0.5) is 11.6 Å². The van der Waals surface area contributed by atoms with Crippen molar-refractivity contribution in [2.24, 2.45) is 5.92 Å². The highest BCUT2D eigenvalue weighted by atomic mass is 16.1. The number of nitrogens with one attached hydrogen (secondary N) is 2. The van der Waals surface area contributed by atoms with Gasteiger partial charge in [-0.1, -0.05) is 56.3 Å². The molecule has 0 bridgehead atoms. The Balaban J connectivity index is 1.59. The summed E-state index contributed by atoms with van der Waals surface area (Å²) in [6.07, 6.45) is 4.10. The molecule has 1 aliphatic carbocycles. The molecule has 2 aromatic heterocycles. The third kappa shape index (κ3) is 4.39. The second-order valence-electron chi connectivity index (χ2n) is 8.98. The number of rotatable bonds is 7. The summed E-state index contributed by atoms with van der Waals surface area (Å²) in [6, 6.07) is 17.9. The molecule has 33 heavy (non-hydrogen) atoms. The Morgan fingerprint density at radius 3 is 2.45 bits per heavy atom. The van der Waals surface area contributed by atoms with Gasteiger partial charge in [-0.05, 0) is 30.9 Å². The Labute approximate surface area is 193 Å². The highest BCUT2D eigenvalue weighted by Gasteiger charge is 2.24. The normalized spacial score (nSPS) is 13.4. The zero-order valence-corrected chi connectivity index (χ0v) is 18.9. The number of fused-ring (bicyclic) bond motifs is 1. The van der Waals surface area contributed by atoms with Crippen LogP contribution in [0.3, 0.4) is 0 Å². The predicted molar refractivity (Wildman–Crippen MR) is 132 cm³/mol. The van der Waals surface area contributed by atoms with E-state index in [-0.39, 0.29) is 5.91 Å². The van der Waals surface area contributed by atoms with Crippen LogP contribution in [0.1, 0.15) is 37.0 Å². The topological polar surface area (TPSA) is 97.3 Å². The average Bonchev–Trinajstić information content (AvgIpc) is 3.57. The molecule has 2 aromatic carbocycles. The molecule has 7 nitrogen and oxygen atoms in total. The minimum atomic E-state index is -0.0362. The number of nitrogens with zero attached hydrogens (tertiary/aromatic N) is 3. The first kappa shape index (κ1) is 21.0. The first-order chi connectivity index (χ1) is 16.0. The summed E-state index contributed by atoms with van der Waals surface area (Å²) in [5.74, 6) is 1.53. The number of nitrogen functional groups attached to an aromatic ring is 1. The van der Waals surface area contributed by atoms with Crippen molar-refractivity contribution < 1.29 is 4.79 Å². The lowest BCUT2D eigenvalue weighted by Crippen LogP contribution is -2.25. The first-order valence-corrected chi connectivity index (χ1v) is 11.4. The van der Waals surface area contributed by atoms with Crippen LogP contribution >= 0.6 is 0 Å². The van der Waals surface area contributed by atoms with E-state index in [0.717, 1.165) is 41.9 Å². The number of anilines is 2. The molecule has 0 aliphatic heterocycles. The number of imidazole rings is 1. The summed E-state index contributed by atoms with van der Waals surface area (Å²) >= 11 is 0. The highest BCUT2D eigenvalue weighted by Crippen LogP contribution is 2.32. The highest BCUT2D eigenvalue weighted by molar-refractivity contribution is 5.95. The molecule has 4 N–H and O–H groups in total. The van der Waals surface area contributed by atoms with Crippen molar-refractivity contribution in [2.75, 3.05) is 17.6 Å². The molecule has 0 unspecified atom stereocenters. The molecule has 1 amide bonds. The van der Waals surface area contributed by atoms with Crippen LogP contribution in [0.2, 0.25) is 0 Å². The summed E-state index contributed by atoms with van der Waals surface area (Å²) in [4.78, 5) is 21.9. The van der Waals surface area contributed by atoms with Gasteiger partial charge in [0.15, 0.2) is 17.3 Å². The average molecular weight is 441 g/mol. The lowest BCUT2D eigenvalue weighted by atomic mass is 10.1. The van der Waals surface area contributed by atoms with Crippen molar-refractivity contribution in [1.82, 2.24) is 19.7 Å². The van der Waals surface area contributed by atoms with E-state index >= 15 is 0 Å². The van der Waals surface area contributed by atoms with Crippen LogP contribution in [0, 0.1) is 5.92 Å². The summed E-state index contributed by atoms with van der Waals surface area (Å²) < 4.78 is 1.99. The summed E-state index contributed by atoms with van der Waals surface area (Å²) in [5.41, 5.74) is 11.2. The van der Waals surface area contributed by atoms with Crippen LogP contribution < -0.4 is 16.4 Å². The minimum absolute atomic E-state index is 0.0362. The Kier molecular flexibility index (Phi) is 5.46. The second-order valence-corrected chi connectivity index (χ2v) is 8.98. The summed E-state index contributed by atoms with van der Waals surface area (Å²) in [6.45, 7) is 5.07. The second kappa shape index (κ2) is 8.58. The van der Waals surface area contributed by atoms with Crippen molar-refractivity contribution in [3.63, 3.8) is 0 Å². The monoisotopic (exact) mass is 440 g/mol. The number of nitrogens with two attached hydrogens (primary N) is 1. The largest absolute Gasteiger partial charge is 0.382 e. The lowest BCUT2D eigenvalue weighted by Gasteiger charge is -2.12. The van der Waals surface area contributed by atoms with E-state index in [4.69, 9.17) is 10.7 Å². The maximum atomic E-state index is 12.4. The van der Waals surface area contributed by atoms with E-state index in [0.29, 0.717) is 34.8 Å². The van der Waals surface area contributed by atoms with E-state index in [9.17, 15) is 4.79 Å². The third-order valence-electron chi connectivity index (χ3n) is 5.71. The zero-order chi connectivity index (χ0) is 22.9. The van der Waals surface area contributed by atoms with Gasteiger partial charge in [-0.3, -0.25) is 9.20 Å². The maximum Gasteiger partial charge on any atom is 0.251 e. The molecule has 4 aromatic rings. The molecule has 0 spiro atoms. The molecular formula is C26H28N6O. The van der Waals surface area contributed by atoms with Gasteiger partial charge < -0.3 is 16.4 Å². The van der Waals surface area contributed by atoms with Crippen LogP contribution in [0.5, 0.6) is 0 Å². The number of hydrogen-bond acceptors (Lipinski definition) is 5. The molecule has 0 radical (unpaired) electrons. The zero-order valence-electron chi connectivity index (χ0n) is 18.9. The molecule has 2 heterocycles. The summed E-state index contributed by atoms with van der Waals surface area (Å²) in [5, 5.41) is 6.46. The SMILES string of the molecule is CC(C)CNc1nc(-c2ccccc2)cn2c(-c3ccc(C(=O)NC4CC4)cc3)c(N)nc12. The van der Waals surface area contributed by atoms with Crippen LogP contribution in [0.15, 0.2) is 60.8 Å². The van der Waals surface area contributed by atoms with E-state index < -0.39 is 0 Å². The van der Waals surface area contributed by atoms with Gasteiger partial charge in [0.25, 0.3) is 5.91 Å². The van der Waals surface area contributed by atoms with Crippen molar-refractivity contribution in [1.29, 1.82) is 0 Å². The molecule has 1 saturated carbocycles. The predicted octanol–water partition coefficient (Wildman–Crippen LogP) is 4.61. The molecule has 7 heteroatoms. The van der Waals surface area contributed by atoms with Crippen LogP contribution in [0.25, 0.3) is 28.2 Å². The number of benzene rings is 2. The van der Waals surface area contributed by atoms with Gasteiger partial charge in [0.1, 0.15) is 0 Å². The third-order valence-corrected chi connectivity index (χ3v) is 5.71. The van der Waals surface area contributed by atoms with Crippen LogP contribution in [-0.2, 0) is 0 Å². The Hall–Kier alpha value is -3.87. The van der Waals surface area contributed by atoms with Gasteiger partial charge in [0, 0.05) is 35.5 Å². The first-order valence-electron chi connectivity index (χ1n) is 11.4. The van der Waals surface area contributed by atoms with Crippen molar-refractivity contribution in [3.8, 4) is 22.5 Å². The van der Waals surface area contributed by atoms with Gasteiger partial charge in [0.05, 0.1) is 11.4 Å². The van der Waals surface area contributed by atoms with Gasteiger partial charge >= 0.3 is 0 Å². The minimum Gasteiger partial charge on any atom is -0.382 e. The standard InChI is InChI=1S/C26H28N6O/c1-16(2)14-28-24-25-31-23(27)22(32(25)15-21(30-24)17-6-4-3-5-7-17)18-8-10-19(11-9-18)26(33)29-20-12-13-20/h3-11,15-16,20H,12-14,27H2,1-2H3,(H,28,30)(H,29,33). The Bertz CT molecular complexity index is 1290. The quantitative estimate of drug-likeness (QED) is 0.390. The van der Waals surface area contributed by atoms with Gasteiger partial charge in [-0.2, -0.15) is 0 Å². The number of hydrogen-bond donors (Lipinski definition) is 3. The van der Waals surface area contributed by atoms with E-state index in [1.807, 2.05) is 65.2 Å². The molecule has 168 valence electrons. The lowest BCUT2D eigenvalue weighted by molar-refractivity contribution is 0.0951. The van der Waals surface area contributed by atoms with Gasteiger partial charge in [-0.15, -0.1) is 0 Å². The fourth-order valence-electron chi connectivity index (χ4n) is 3.79. The Morgan fingerprint density at radius 2 is 1.79 bits per heavy atom. The van der Waals surface area contributed by atoms with E-state index in [1.165, 1.54) is 0 Å². The maximum absolute atomic E-state index is 12.4. The number of carbonyl (C=O) groups is 1. The molecular weight excluding hydrogens is 412 g/mol. The van der Waals surface area contributed by atoms with Crippen molar-refractivity contribution in [3.05, 3.63) is 66.4 Å². The Morgan fingerprint density at radius 1 is 1.06 bits per heavy atom. The molecule has 0 atom stereocenters. The van der Waals surface area contributed by atoms with Gasteiger partial charge in [-0.25, -0.2) is 9.97 Å². The number of carbonyl (C=O) groups excluding carboxylic acids is 1. The van der Waals surface area contributed by atoms with E-state index in [2.05, 4.69) is 29.5 Å².